The van der Waals surface area contributed by atoms with Crippen LogP contribution in [0.3, 0.4) is 0 Å². The molecule has 0 saturated carbocycles. The summed E-state index contributed by atoms with van der Waals surface area (Å²) in [7, 11) is 1.69. The molecule has 16 heavy (non-hydrogen) atoms. The smallest absolute Gasteiger partial charge is 0.0860 e. The number of rotatable bonds is 8. The van der Waals surface area contributed by atoms with Crippen molar-refractivity contribution in [3.8, 4) is 0 Å². The second-order valence-electron chi connectivity index (χ2n) is 3.85. The number of nitrogens with zero attached hydrogens (tertiary/aromatic N) is 2. The first-order valence-electron chi connectivity index (χ1n) is 5.64. The van der Waals surface area contributed by atoms with E-state index >= 15 is 0 Å². The average molecular weight is 227 g/mol. The maximum absolute atomic E-state index is 9.77. The van der Waals surface area contributed by atoms with Crippen LogP contribution in [-0.4, -0.2) is 47.3 Å². The molecule has 5 nitrogen and oxygen atoms in total. The fourth-order valence-electron chi connectivity index (χ4n) is 1.51. The van der Waals surface area contributed by atoms with Crippen molar-refractivity contribution in [1.29, 1.82) is 0 Å². The lowest BCUT2D eigenvalue weighted by Crippen LogP contribution is -2.39. The zero-order valence-corrected chi connectivity index (χ0v) is 9.97. The standard InChI is InChI=1S/C11H21N3O2/c1-3-10(9-16-2)12-7-11(15)8-14-6-4-5-13-14/h4-6,10-12,15H,3,7-9H2,1-2H3. The molecular formula is C11H21N3O2. The second-order valence-corrected chi connectivity index (χ2v) is 3.85. The number of aliphatic hydroxyl groups is 1. The molecule has 0 saturated heterocycles. The topological polar surface area (TPSA) is 59.3 Å². The average Bonchev–Trinajstić information content (AvgIpc) is 2.76. The first-order chi connectivity index (χ1) is 7.76. The van der Waals surface area contributed by atoms with Crippen molar-refractivity contribution in [2.75, 3.05) is 20.3 Å². The molecule has 0 fully saturated rings. The lowest BCUT2D eigenvalue weighted by Gasteiger charge is -2.18. The largest absolute Gasteiger partial charge is 0.390 e. The minimum absolute atomic E-state index is 0.303. The van der Waals surface area contributed by atoms with Crippen molar-refractivity contribution in [3.05, 3.63) is 18.5 Å². The Bertz CT molecular complexity index is 264. The van der Waals surface area contributed by atoms with Gasteiger partial charge in [0.15, 0.2) is 0 Å². The lowest BCUT2D eigenvalue weighted by molar-refractivity contribution is 0.124. The minimum atomic E-state index is -0.425. The Morgan fingerprint density at radius 3 is 2.94 bits per heavy atom. The van der Waals surface area contributed by atoms with E-state index < -0.39 is 6.10 Å². The normalized spacial score (nSPS) is 14.9. The van der Waals surface area contributed by atoms with E-state index in [1.165, 1.54) is 0 Å². The third-order valence-electron chi connectivity index (χ3n) is 2.46. The van der Waals surface area contributed by atoms with Crippen LogP contribution in [0.4, 0.5) is 0 Å². The van der Waals surface area contributed by atoms with E-state index in [2.05, 4.69) is 17.3 Å². The van der Waals surface area contributed by atoms with Crippen molar-refractivity contribution >= 4 is 0 Å². The van der Waals surface area contributed by atoms with Gasteiger partial charge in [0, 0.05) is 32.1 Å². The summed E-state index contributed by atoms with van der Waals surface area (Å²) in [6, 6.07) is 2.15. The van der Waals surface area contributed by atoms with Gasteiger partial charge in [-0.15, -0.1) is 0 Å². The van der Waals surface area contributed by atoms with E-state index in [0.717, 1.165) is 6.42 Å². The first kappa shape index (κ1) is 13.2. The molecule has 2 unspecified atom stereocenters. The molecule has 2 N–H and O–H groups in total. The molecule has 0 aliphatic carbocycles. The third-order valence-corrected chi connectivity index (χ3v) is 2.46. The summed E-state index contributed by atoms with van der Waals surface area (Å²) in [5.74, 6) is 0. The van der Waals surface area contributed by atoms with E-state index in [1.54, 1.807) is 18.0 Å². The van der Waals surface area contributed by atoms with Gasteiger partial charge < -0.3 is 15.2 Å². The van der Waals surface area contributed by atoms with Crippen LogP contribution in [0.25, 0.3) is 0 Å². The number of hydrogen-bond acceptors (Lipinski definition) is 4. The van der Waals surface area contributed by atoms with Crippen molar-refractivity contribution in [2.45, 2.75) is 32.0 Å². The van der Waals surface area contributed by atoms with Crippen LogP contribution in [0.2, 0.25) is 0 Å². The van der Waals surface area contributed by atoms with Crippen molar-refractivity contribution in [1.82, 2.24) is 15.1 Å². The van der Waals surface area contributed by atoms with E-state index in [1.807, 2.05) is 12.3 Å². The van der Waals surface area contributed by atoms with Crippen LogP contribution in [0.1, 0.15) is 13.3 Å². The molecule has 0 aliphatic heterocycles. The zero-order valence-electron chi connectivity index (χ0n) is 9.97. The Morgan fingerprint density at radius 2 is 2.38 bits per heavy atom. The van der Waals surface area contributed by atoms with Crippen molar-refractivity contribution < 1.29 is 9.84 Å². The molecule has 0 spiro atoms. The Kier molecular flexibility index (Phi) is 6.07. The molecule has 1 aromatic rings. The quantitative estimate of drug-likeness (QED) is 0.669. The highest BCUT2D eigenvalue weighted by molar-refractivity contribution is 4.79. The molecule has 5 heteroatoms. The van der Waals surface area contributed by atoms with E-state index in [-0.39, 0.29) is 0 Å². The summed E-state index contributed by atoms with van der Waals surface area (Å²) in [4.78, 5) is 0. The molecule has 0 aromatic carbocycles. The van der Waals surface area contributed by atoms with Gasteiger partial charge in [-0.3, -0.25) is 4.68 Å². The zero-order chi connectivity index (χ0) is 11.8. The summed E-state index contributed by atoms with van der Waals surface area (Å²) in [6.45, 7) is 3.84. The van der Waals surface area contributed by atoms with E-state index in [9.17, 15) is 5.11 Å². The molecule has 1 aromatic heterocycles. The summed E-state index contributed by atoms with van der Waals surface area (Å²) < 4.78 is 6.80. The highest BCUT2D eigenvalue weighted by Gasteiger charge is 2.09. The molecule has 0 radical (unpaired) electrons. The molecule has 2 atom stereocenters. The lowest BCUT2D eigenvalue weighted by atomic mass is 10.2. The SMILES string of the molecule is CCC(COC)NCC(O)Cn1cccn1. The van der Waals surface area contributed by atoms with Crippen LogP contribution in [-0.2, 0) is 11.3 Å². The van der Waals surface area contributed by atoms with Crippen molar-refractivity contribution in [3.63, 3.8) is 0 Å². The van der Waals surface area contributed by atoms with Crippen LogP contribution in [0.5, 0.6) is 0 Å². The van der Waals surface area contributed by atoms with E-state index in [4.69, 9.17) is 4.74 Å². The van der Waals surface area contributed by atoms with Gasteiger partial charge in [0.05, 0.1) is 19.3 Å². The molecule has 0 amide bonds. The van der Waals surface area contributed by atoms with Gasteiger partial charge in [-0.1, -0.05) is 6.92 Å². The highest BCUT2D eigenvalue weighted by atomic mass is 16.5. The summed E-state index contributed by atoms with van der Waals surface area (Å²) >= 11 is 0. The number of methoxy groups -OCH3 is 1. The number of aromatic nitrogens is 2. The van der Waals surface area contributed by atoms with Gasteiger partial charge in [0.2, 0.25) is 0 Å². The minimum Gasteiger partial charge on any atom is -0.390 e. The molecule has 0 bridgehead atoms. The molecule has 1 heterocycles. The fraction of sp³-hybridized carbons (Fsp3) is 0.727. The van der Waals surface area contributed by atoms with Gasteiger partial charge in [0.1, 0.15) is 0 Å². The molecular weight excluding hydrogens is 206 g/mol. The van der Waals surface area contributed by atoms with Crippen LogP contribution < -0.4 is 5.32 Å². The number of hydrogen-bond donors (Lipinski definition) is 2. The number of ether oxygens (including phenoxy) is 1. The van der Waals surface area contributed by atoms with Crippen LogP contribution in [0.15, 0.2) is 18.5 Å². The third kappa shape index (κ3) is 4.74. The molecule has 92 valence electrons. The Balaban J connectivity index is 2.21. The highest BCUT2D eigenvalue weighted by Crippen LogP contribution is 1.94. The maximum atomic E-state index is 9.77. The number of nitrogens with one attached hydrogen (secondary N) is 1. The Hall–Kier alpha value is -0.910. The summed E-state index contributed by atoms with van der Waals surface area (Å²) in [5.41, 5.74) is 0. The predicted molar refractivity (Wildman–Crippen MR) is 62.2 cm³/mol. The van der Waals surface area contributed by atoms with Gasteiger partial charge >= 0.3 is 0 Å². The van der Waals surface area contributed by atoms with Crippen molar-refractivity contribution in [2.24, 2.45) is 0 Å². The van der Waals surface area contributed by atoms with Gasteiger partial charge in [-0.25, -0.2) is 0 Å². The van der Waals surface area contributed by atoms with Crippen LogP contribution in [0, 0.1) is 0 Å². The Labute approximate surface area is 96.4 Å². The number of aliphatic hydroxyl groups excluding tert-OH is 1. The maximum Gasteiger partial charge on any atom is 0.0860 e. The molecule has 0 aliphatic rings. The predicted octanol–water partition coefficient (Wildman–Crippen LogP) is 0.259. The summed E-state index contributed by atoms with van der Waals surface area (Å²) in [5, 5.41) is 17.1. The second kappa shape index (κ2) is 7.38. The van der Waals surface area contributed by atoms with E-state index in [0.29, 0.717) is 25.7 Å². The Morgan fingerprint density at radius 1 is 1.56 bits per heavy atom. The fourth-order valence-corrected chi connectivity index (χ4v) is 1.51. The monoisotopic (exact) mass is 227 g/mol. The molecule has 1 rings (SSSR count). The van der Waals surface area contributed by atoms with Gasteiger partial charge in [-0.2, -0.15) is 5.10 Å². The summed E-state index contributed by atoms with van der Waals surface area (Å²) in [6.07, 6.45) is 4.11. The first-order valence-corrected chi connectivity index (χ1v) is 5.64. The van der Waals surface area contributed by atoms with Gasteiger partial charge in [-0.05, 0) is 12.5 Å². The van der Waals surface area contributed by atoms with Gasteiger partial charge in [0.25, 0.3) is 0 Å². The van der Waals surface area contributed by atoms with Crippen LogP contribution >= 0.6 is 0 Å².